The fraction of sp³-hybridized carbons (Fsp3) is 0.500. The molecule has 0 saturated carbocycles. The van der Waals surface area contributed by atoms with Crippen LogP contribution in [0.3, 0.4) is 0 Å². The van der Waals surface area contributed by atoms with E-state index in [0.717, 1.165) is 37.2 Å². The maximum absolute atomic E-state index is 11.7. The van der Waals surface area contributed by atoms with Crippen LogP contribution in [0, 0.1) is 12.8 Å². The lowest BCUT2D eigenvalue weighted by molar-refractivity contribution is -0.149. The van der Waals surface area contributed by atoms with Gasteiger partial charge >= 0.3 is 5.97 Å². The van der Waals surface area contributed by atoms with Crippen LogP contribution in [0.1, 0.15) is 25.3 Å². The predicted octanol–water partition coefficient (Wildman–Crippen LogP) is 3.62. The summed E-state index contributed by atoms with van der Waals surface area (Å²) in [7, 11) is 0. The van der Waals surface area contributed by atoms with E-state index >= 15 is 0 Å². The standard InChI is InChI=1S/C16H21ClN2O2S/c1-3-21-15(20)12-6-8-19(9-7-12)16(22)18-13-5-4-11(2)14(17)10-13/h4-5,10,12H,3,6-9H2,1-2H3,(H,18,22). The highest BCUT2D eigenvalue weighted by Gasteiger charge is 2.26. The molecule has 0 aromatic heterocycles. The first-order valence-corrected chi connectivity index (χ1v) is 8.28. The van der Waals surface area contributed by atoms with Gasteiger partial charge in [-0.15, -0.1) is 0 Å². The number of anilines is 1. The summed E-state index contributed by atoms with van der Waals surface area (Å²) in [6, 6.07) is 5.79. The molecule has 0 atom stereocenters. The minimum absolute atomic E-state index is 0.00665. The van der Waals surface area contributed by atoms with Gasteiger partial charge in [0.05, 0.1) is 12.5 Å². The molecule has 0 unspecified atom stereocenters. The van der Waals surface area contributed by atoms with E-state index in [2.05, 4.69) is 10.2 Å². The SMILES string of the molecule is CCOC(=O)C1CCN(C(=S)Nc2ccc(C)c(Cl)c2)CC1. The van der Waals surface area contributed by atoms with Gasteiger partial charge in [-0.2, -0.15) is 0 Å². The van der Waals surface area contributed by atoms with Gasteiger partial charge in [-0.3, -0.25) is 4.79 Å². The van der Waals surface area contributed by atoms with E-state index in [-0.39, 0.29) is 11.9 Å². The van der Waals surface area contributed by atoms with Crippen molar-refractivity contribution in [3.05, 3.63) is 28.8 Å². The van der Waals surface area contributed by atoms with Crippen molar-refractivity contribution in [2.75, 3.05) is 25.0 Å². The maximum Gasteiger partial charge on any atom is 0.309 e. The molecule has 6 heteroatoms. The fourth-order valence-electron chi connectivity index (χ4n) is 2.45. The average molecular weight is 341 g/mol. The van der Waals surface area contributed by atoms with Crippen molar-refractivity contribution in [2.24, 2.45) is 5.92 Å². The summed E-state index contributed by atoms with van der Waals surface area (Å²) in [6.45, 7) is 5.75. The van der Waals surface area contributed by atoms with E-state index < -0.39 is 0 Å². The summed E-state index contributed by atoms with van der Waals surface area (Å²) in [6.07, 6.45) is 1.55. The number of ether oxygens (including phenoxy) is 1. The Morgan fingerprint density at radius 1 is 1.45 bits per heavy atom. The number of thiocarbonyl (C=S) groups is 1. The van der Waals surface area contributed by atoms with Crippen LogP contribution in [0.25, 0.3) is 0 Å². The number of nitrogens with one attached hydrogen (secondary N) is 1. The van der Waals surface area contributed by atoms with E-state index in [1.54, 1.807) is 0 Å². The van der Waals surface area contributed by atoms with E-state index in [1.807, 2.05) is 32.0 Å². The number of benzene rings is 1. The molecule has 1 aromatic carbocycles. The quantitative estimate of drug-likeness (QED) is 0.672. The van der Waals surface area contributed by atoms with Gasteiger partial charge in [-0.05, 0) is 56.6 Å². The number of rotatable bonds is 3. The zero-order valence-corrected chi connectivity index (χ0v) is 14.5. The summed E-state index contributed by atoms with van der Waals surface area (Å²) in [5.74, 6) is -0.0980. The first-order valence-electron chi connectivity index (χ1n) is 7.50. The van der Waals surface area contributed by atoms with Gasteiger partial charge in [0, 0.05) is 23.8 Å². The monoisotopic (exact) mass is 340 g/mol. The van der Waals surface area contributed by atoms with Crippen LogP contribution in [0.5, 0.6) is 0 Å². The molecule has 0 bridgehead atoms. The van der Waals surface area contributed by atoms with Crippen LogP contribution in [0.15, 0.2) is 18.2 Å². The smallest absolute Gasteiger partial charge is 0.309 e. The second kappa shape index (κ2) is 7.79. The molecule has 1 aromatic rings. The minimum Gasteiger partial charge on any atom is -0.466 e. The van der Waals surface area contributed by atoms with E-state index in [1.165, 1.54) is 0 Å². The molecule has 1 saturated heterocycles. The van der Waals surface area contributed by atoms with Gasteiger partial charge in [0.2, 0.25) is 0 Å². The van der Waals surface area contributed by atoms with Crippen molar-refractivity contribution in [3.63, 3.8) is 0 Å². The number of hydrogen-bond acceptors (Lipinski definition) is 3. The normalized spacial score (nSPS) is 15.5. The van der Waals surface area contributed by atoms with Gasteiger partial charge in [-0.25, -0.2) is 0 Å². The van der Waals surface area contributed by atoms with Crippen molar-refractivity contribution >= 4 is 40.6 Å². The Kier molecular flexibility index (Phi) is 6.03. The number of carbonyl (C=O) groups excluding carboxylic acids is 1. The van der Waals surface area contributed by atoms with Crippen LogP contribution in [0.4, 0.5) is 5.69 Å². The number of esters is 1. The second-order valence-corrected chi connectivity index (χ2v) is 6.20. The highest BCUT2D eigenvalue weighted by molar-refractivity contribution is 7.80. The van der Waals surface area contributed by atoms with E-state index in [0.29, 0.717) is 16.7 Å². The fourth-order valence-corrected chi connectivity index (χ4v) is 2.93. The molecule has 1 fully saturated rings. The molecule has 0 amide bonds. The number of piperidine rings is 1. The third kappa shape index (κ3) is 4.34. The first kappa shape index (κ1) is 17.0. The molecular weight excluding hydrogens is 320 g/mol. The molecule has 1 N–H and O–H groups in total. The Balaban J connectivity index is 1.87. The number of hydrogen-bond donors (Lipinski definition) is 1. The predicted molar refractivity (Wildman–Crippen MR) is 93.3 cm³/mol. The molecule has 1 aliphatic rings. The van der Waals surface area contributed by atoms with Crippen LogP contribution in [-0.4, -0.2) is 35.7 Å². The van der Waals surface area contributed by atoms with Gasteiger partial charge < -0.3 is 15.0 Å². The van der Waals surface area contributed by atoms with Crippen molar-refractivity contribution in [1.29, 1.82) is 0 Å². The van der Waals surface area contributed by atoms with Gasteiger partial charge in [0.15, 0.2) is 5.11 Å². The number of halogens is 1. The second-order valence-electron chi connectivity index (χ2n) is 5.41. The molecular formula is C16H21ClN2O2S. The van der Waals surface area contributed by atoms with Crippen molar-refractivity contribution in [3.8, 4) is 0 Å². The topological polar surface area (TPSA) is 41.6 Å². The number of carbonyl (C=O) groups is 1. The molecule has 1 aliphatic heterocycles. The highest BCUT2D eigenvalue weighted by Crippen LogP contribution is 2.22. The lowest BCUT2D eigenvalue weighted by Gasteiger charge is -2.32. The van der Waals surface area contributed by atoms with Gasteiger partial charge in [-0.1, -0.05) is 17.7 Å². The van der Waals surface area contributed by atoms with Crippen LogP contribution >= 0.6 is 23.8 Å². The van der Waals surface area contributed by atoms with E-state index in [4.69, 9.17) is 28.6 Å². The van der Waals surface area contributed by atoms with Crippen molar-refractivity contribution < 1.29 is 9.53 Å². The lowest BCUT2D eigenvalue weighted by Crippen LogP contribution is -2.42. The molecule has 0 radical (unpaired) electrons. The molecule has 0 spiro atoms. The summed E-state index contributed by atoms with van der Waals surface area (Å²) < 4.78 is 5.08. The minimum atomic E-state index is -0.0913. The third-order valence-corrected chi connectivity index (χ3v) is 4.59. The van der Waals surface area contributed by atoms with E-state index in [9.17, 15) is 4.79 Å². The zero-order valence-electron chi connectivity index (χ0n) is 12.9. The molecule has 1 heterocycles. The average Bonchev–Trinajstić information content (AvgIpc) is 2.51. The molecule has 22 heavy (non-hydrogen) atoms. The maximum atomic E-state index is 11.7. The van der Waals surface area contributed by atoms with Crippen LogP contribution in [-0.2, 0) is 9.53 Å². The molecule has 0 aliphatic carbocycles. The Bertz CT molecular complexity index is 557. The van der Waals surface area contributed by atoms with Gasteiger partial charge in [0.25, 0.3) is 0 Å². The van der Waals surface area contributed by atoms with Crippen molar-refractivity contribution in [1.82, 2.24) is 4.90 Å². The lowest BCUT2D eigenvalue weighted by atomic mass is 9.97. The molecule has 4 nitrogen and oxygen atoms in total. The Morgan fingerprint density at radius 2 is 2.14 bits per heavy atom. The Labute approximate surface area is 141 Å². The number of likely N-dealkylation sites (tertiary alicyclic amines) is 1. The first-order chi connectivity index (χ1) is 10.5. The summed E-state index contributed by atoms with van der Waals surface area (Å²) in [5.41, 5.74) is 1.92. The molecule has 120 valence electrons. The Hall–Kier alpha value is -1.33. The molecule has 2 rings (SSSR count). The third-order valence-electron chi connectivity index (χ3n) is 3.83. The van der Waals surface area contributed by atoms with Gasteiger partial charge in [0.1, 0.15) is 0 Å². The summed E-state index contributed by atoms with van der Waals surface area (Å²) in [4.78, 5) is 13.8. The highest BCUT2D eigenvalue weighted by atomic mass is 35.5. The van der Waals surface area contributed by atoms with Crippen LogP contribution in [0.2, 0.25) is 5.02 Å². The van der Waals surface area contributed by atoms with Crippen molar-refractivity contribution in [2.45, 2.75) is 26.7 Å². The zero-order chi connectivity index (χ0) is 16.1. The Morgan fingerprint density at radius 3 is 2.73 bits per heavy atom. The number of nitrogens with zero attached hydrogens (tertiary/aromatic N) is 1. The summed E-state index contributed by atoms with van der Waals surface area (Å²) in [5, 5.41) is 4.59. The summed E-state index contributed by atoms with van der Waals surface area (Å²) >= 11 is 11.6. The number of aryl methyl sites for hydroxylation is 1. The largest absolute Gasteiger partial charge is 0.466 e. The van der Waals surface area contributed by atoms with Crippen LogP contribution < -0.4 is 5.32 Å².